The lowest BCUT2D eigenvalue weighted by molar-refractivity contribution is 0.661. The lowest BCUT2D eigenvalue weighted by Gasteiger charge is -2.21. The van der Waals surface area contributed by atoms with Crippen LogP contribution in [-0.2, 0) is 5.41 Å². The largest absolute Gasteiger partial charge is 0.456 e. The average molecular weight is 621 g/mol. The molecule has 0 unspecified atom stereocenters. The van der Waals surface area contributed by atoms with E-state index >= 15 is 0 Å². The summed E-state index contributed by atoms with van der Waals surface area (Å²) in [7, 11) is 0. The third-order valence-corrected chi connectivity index (χ3v) is 8.53. The molecule has 0 saturated carbocycles. The number of hydrogen-bond donors (Lipinski definition) is 0. The summed E-state index contributed by atoms with van der Waals surface area (Å²) in [5.74, 6) is -0.249. The summed E-state index contributed by atoms with van der Waals surface area (Å²) >= 11 is 0. The second-order valence-electron chi connectivity index (χ2n) is 11.2. The molecule has 0 saturated heterocycles. The molecule has 3 aromatic heterocycles. The molecule has 9 aromatic rings. The monoisotopic (exact) mass is 620 g/mol. The molecule has 0 radical (unpaired) electrons. The minimum atomic E-state index is -3.65. The van der Waals surface area contributed by atoms with Crippen LogP contribution in [0, 0.1) is 0 Å². The molecular weight excluding hydrogens is 576 g/mol. The lowest BCUT2D eigenvalue weighted by atomic mass is 9.82. The quantitative estimate of drug-likeness (QED) is 0.197. The summed E-state index contributed by atoms with van der Waals surface area (Å²) in [6, 6.07) is 13.2. The first-order valence-corrected chi connectivity index (χ1v) is 14.7. The van der Waals surface area contributed by atoms with Gasteiger partial charge in [0.2, 0.25) is 5.95 Å². The molecule has 3 heterocycles. The van der Waals surface area contributed by atoms with Gasteiger partial charge in [-0.2, -0.15) is 9.97 Å². The van der Waals surface area contributed by atoms with Crippen molar-refractivity contribution in [2.45, 2.75) is 19.1 Å². The van der Waals surface area contributed by atoms with E-state index < -0.39 is 107 Å². The number of nitrogens with zero attached hydrogens (tertiary/aromatic N) is 4. The van der Waals surface area contributed by atoms with E-state index in [4.69, 9.17) is 35.8 Å². The smallest absolute Gasteiger partial charge is 0.238 e. The van der Waals surface area contributed by atoms with Gasteiger partial charge >= 0.3 is 0 Å². The van der Waals surface area contributed by atoms with Crippen LogP contribution in [0.15, 0.2) is 138 Å². The Morgan fingerprint density at radius 2 is 1.40 bits per heavy atom. The van der Waals surface area contributed by atoms with Crippen molar-refractivity contribution in [2.24, 2.45) is 0 Å². The zero-order valence-electron chi connectivity index (χ0n) is 40.1. The van der Waals surface area contributed by atoms with Crippen molar-refractivity contribution in [1.82, 2.24) is 19.5 Å². The maximum atomic E-state index is 10.0. The van der Waals surface area contributed by atoms with Gasteiger partial charge in [0.25, 0.3) is 0 Å². The van der Waals surface area contributed by atoms with Crippen LogP contribution in [0.25, 0.3) is 83.6 Å². The number of fused-ring (bicyclic) bond motifs is 9. The lowest BCUT2D eigenvalue weighted by Crippen LogP contribution is -2.15. The molecule has 5 nitrogen and oxygen atoms in total. The highest BCUT2D eigenvalue weighted by molar-refractivity contribution is 6.13. The molecule has 47 heavy (non-hydrogen) atoms. The van der Waals surface area contributed by atoms with Crippen molar-refractivity contribution in [3.05, 3.63) is 144 Å². The van der Waals surface area contributed by atoms with Crippen molar-refractivity contribution in [2.75, 3.05) is 0 Å². The van der Waals surface area contributed by atoms with Crippen LogP contribution in [0.3, 0.4) is 0 Å². The van der Waals surface area contributed by atoms with Crippen LogP contribution in [0.5, 0.6) is 0 Å². The standard InChI is InChI=1S/C42H28N4O/c1-42(2)32-19-9-6-15-26(32)30-23-31-27-16-7-10-20-34(27)46(35(31)24-33(30)42)41-44-39(25-13-4-3-5-14-25)43-40(45-41)29-18-12-22-37-38(29)28-17-8-11-21-36(28)47-37/h3-24H,1-2H3/i1D3,2D3,6D,7D,9D,10D,15D,16D,19D,20D,23D,24D. The number of aromatic nitrogens is 4. The van der Waals surface area contributed by atoms with Gasteiger partial charge in [-0.1, -0.05) is 117 Å². The molecule has 0 atom stereocenters. The Bertz CT molecular complexity index is 3490. The highest BCUT2D eigenvalue weighted by Gasteiger charge is 2.36. The Balaban J connectivity index is 1.46. The van der Waals surface area contributed by atoms with E-state index in [2.05, 4.69) is 0 Å². The van der Waals surface area contributed by atoms with Gasteiger partial charge in [-0.25, -0.2) is 4.98 Å². The Morgan fingerprint density at radius 1 is 0.617 bits per heavy atom. The number of furan rings is 1. The molecule has 10 rings (SSSR count). The zero-order valence-corrected chi connectivity index (χ0v) is 24.1. The first kappa shape index (κ1) is 15.0. The topological polar surface area (TPSA) is 56.7 Å². The van der Waals surface area contributed by atoms with Gasteiger partial charge in [0, 0.05) is 46.3 Å². The van der Waals surface area contributed by atoms with Crippen molar-refractivity contribution >= 4 is 43.7 Å². The van der Waals surface area contributed by atoms with E-state index in [0.29, 0.717) is 27.7 Å². The van der Waals surface area contributed by atoms with E-state index in [1.807, 2.05) is 18.2 Å². The van der Waals surface area contributed by atoms with Crippen LogP contribution in [-0.4, -0.2) is 19.5 Å². The highest BCUT2D eigenvalue weighted by atomic mass is 16.3. The minimum absolute atomic E-state index is 0.0426. The summed E-state index contributed by atoms with van der Waals surface area (Å²) in [5.41, 5.74) is -5.01. The maximum Gasteiger partial charge on any atom is 0.238 e. The number of benzene rings is 6. The molecule has 0 bridgehead atoms. The van der Waals surface area contributed by atoms with Crippen LogP contribution < -0.4 is 0 Å². The van der Waals surface area contributed by atoms with Gasteiger partial charge in [-0.05, 0) is 52.5 Å². The predicted octanol–water partition coefficient (Wildman–Crippen LogP) is 10.5. The SMILES string of the molecule is [2H]c1c([2H])c([2H])c2c(c1[2H])-c1c(c([2H])c3c(c1[2H])c1c([2H])c([2H])c([2H])c([2H])c1n3-c1nc(-c3ccccc3)nc(-c3cccc4oc5ccccc5c34)n1)C2(C([2H])([2H])[2H])C([2H])([2H])[2H]. The first-order valence-electron chi connectivity index (χ1n) is 22.7. The molecule has 1 aliphatic rings. The zero-order chi connectivity index (χ0) is 45.0. The number of para-hydroxylation sites is 2. The van der Waals surface area contributed by atoms with E-state index in [1.54, 1.807) is 54.6 Å². The van der Waals surface area contributed by atoms with Gasteiger partial charge in [-0.15, -0.1) is 0 Å². The Labute approximate surface area is 293 Å². The van der Waals surface area contributed by atoms with Crippen LogP contribution in [0.2, 0.25) is 0 Å². The molecule has 222 valence electrons. The fourth-order valence-corrected chi connectivity index (χ4v) is 6.44. The molecule has 0 fully saturated rings. The third-order valence-electron chi connectivity index (χ3n) is 8.53. The fourth-order valence-electron chi connectivity index (χ4n) is 6.44. The number of hydrogen-bond acceptors (Lipinski definition) is 4. The van der Waals surface area contributed by atoms with Gasteiger partial charge < -0.3 is 4.42 Å². The van der Waals surface area contributed by atoms with Crippen LogP contribution in [0.4, 0.5) is 0 Å². The van der Waals surface area contributed by atoms with Gasteiger partial charge in [0.1, 0.15) is 11.2 Å². The molecule has 1 aliphatic carbocycles. The van der Waals surface area contributed by atoms with Crippen LogP contribution in [0.1, 0.15) is 46.8 Å². The van der Waals surface area contributed by atoms with E-state index in [1.165, 1.54) is 0 Å². The van der Waals surface area contributed by atoms with Gasteiger partial charge in [-0.3, -0.25) is 4.57 Å². The summed E-state index contributed by atoms with van der Waals surface area (Å²) in [6.07, 6.45) is 0. The normalized spacial score (nSPS) is 18.9. The molecule has 0 N–H and O–H groups in total. The van der Waals surface area contributed by atoms with Crippen molar-refractivity contribution < 1.29 is 26.3 Å². The summed E-state index contributed by atoms with van der Waals surface area (Å²) in [5, 5.41) is 0.654. The molecule has 6 aromatic carbocycles. The first-order chi connectivity index (χ1) is 29.7. The summed E-state index contributed by atoms with van der Waals surface area (Å²) < 4.78 is 151. The predicted molar refractivity (Wildman–Crippen MR) is 190 cm³/mol. The van der Waals surface area contributed by atoms with Crippen molar-refractivity contribution in [3.63, 3.8) is 0 Å². The van der Waals surface area contributed by atoms with E-state index in [9.17, 15) is 5.48 Å². The minimum Gasteiger partial charge on any atom is -0.456 e. The second kappa shape index (κ2) is 9.47. The number of rotatable bonds is 3. The van der Waals surface area contributed by atoms with Gasteiger partial charge in [0.05, 0.1) is 24.7 Å². The highest BCUT2D eigenvalue weighted by Crippen LogP contribution is 2.51. The third kappa shape index (κ3) is 3.68. The second-order valence-corrected chi connectivity index (χ2v) is 11.2. The summed E-state index contributed by atoms with van der Waals surface area (Å²) in [6.45, 7) is -7.31. The molecule has 5 heteroatoms. The molecule has 0 amide bonds. The van der Waals surface area contributed by atoms with E-state index in [0.717, 1.165) is 9.95 Å². The van der Waals surface area contributed by atoms with Crippen LogP contribution >= 0.6 is 0 Å². The Hall–Kier alpha value is -6.07. The fraction of sp³-hybridized carbons (Fsp3) is 0.0714. The van der Waals surface area contributed by atoms with E-state index in [-0.39, 0.29) is 33.9 Å². The maximum absolute atomic E-state index is 10.0. The molecule has 0 spiro atoms. The Kier molecular flexibility index (Phi) is 3.03. The molecule has 0 aliphatic heterocycles. The van der Waals surface area contributed by atoms with Gasteiger partial charge in [0.15, 0.2) is 11.6 Å². The van der Waals surface area contributed by atoms with Crippen molar-refractivity contribution in [1.29, 1.82) is 0 Å². The summed E-state index contributed by atoms with van der Waals surface area (Å²) in [4.78, 5) is 14.6. The van der Waals surface area contributed by atoms with Crippen molar-refractivity contribution in [3.8, 4) is 39.9 Å². The molecular formula is C42H28N4O. The average Bonchev–Trinajstić information content (AvgIpc) is 3.93. The Morgan fingerprint density at radius 3 is 2.32 bits per heavy atom.